The van der Waals surface area contributed by atoms with Crippen molar-refractivity contribution in [3.63, 3.8) is 0 Å². The monoisotopic (exact) mass is 283 g/mol. The van der Waals surface area contributed by atoms with Crippen molar-refractivity contribution in [3.05, 3.63) is 22.7 Å². The number of anilines is 1. The van der Waals surface area contributed by atoms with Gasteiger partial charge in [0.25, 0.3) is 5.56 Å². The Balaban J connectivity index is 1.94. The molecule has 1 aliphatic carbocycles. The molecule has 1 saturated heterocycles. The second kappa shape index (κ2) is 3.87. The fraction of sp³-hybridized carbons (Fsp3) is 0.636. The summed E-state index contributed by atoms with van der Waals surface area (Å²) in [7, 11) is 0. The molecule has 0 radical (unpaired) electrons. The highest BCUT2D eigenvalue weighted by Crippen LogP contribution is 2.33. The van der Waals surface area contributed by atoms with Gasteiger partial charge in [0.05, 0.1) is 0 Å². The molecule has 1 aliphatic heterocycles. The molecule has 2 aliphatic rings. The van der Waals surface area contributed by atoms with Gasteiger partial charge in [0, 0.05) is 36.4 Å². The van der Waals surface area contributed by atoms with E-state index in [1.54, 1.807) is 6.20 Å². The van der Waals surface area contributed by atoms with Gasteiger partial charge in [-0.1, -0.05) is 15.9 Å². The molecule has 1 aromatic heterocycles. The van der Waals surface area contributed by atoms with Crippen LogP contribution in [0.3, 0.4) is 0 Å². The average molecular weight is 284 g/mol. The molecule has 2 fully saturated rings. The van der Waals surface area contributed by atoms with Crippen molar-refractivity contribution < 1.29 is 0 Å². The summed E-state index contributed by atoms with van der Waals surface area (Å²) in [6.07, 6.45) is 6.90. The molecule has 0 bridgehead atoms. The van der Waals surface area contributed by atoms with Crippen LogP contribution in [0.2, 0.25) is 0 Å². The molecule has 1 saturated carbocycles. The molecule has 0 spiro atoms. The van der Waals surface area contributed by atoms with Crippen LogP contribution in [0.1, 0.15) is 25.3 Å². The van der Waals surface area contributed by atoms with Crippen molar-refractivity contribution in [2.24, 2.45) is 0 Å². The minimum absolute atomic E-state index is 0.0756. The molecule has 2 heterocycles. The summed E-state index contributed by atoms with van der Waals surface area (Å²) >= 11 is 3.58. The maximum absolute atomic E-state index is 12.2. The molecule has 1 aromatic rings. The van der Waals surface area contributed by atoms with E-state index in [4.69, 9.17) is 0 Å². The summed E-state index contributed by atoms with van der Waals surface area (Å²) in [6, 6.07) is 0.427. The van der Waals surface area contributed by atoms with Gasteiger partial charge in [0.15, 0.2) is 5.82 Å². The highest BCUT2D eigenvalue weighted by Gasteiger charge is 2.28. The van der Waals surface area contributed by atoms with Crippen LogP contribution in [0.4, 0.5) is 5.82 Å². The Hall–Kier alpha value is -0.840. The molecular formula is C11H14BrN3O. The molecule has 0 N–H and O–H groups in total. The Morgan fingerprint density at radius 2 is 2.19 bits per heavy atom. The Morgan fingerprint density at radius 1 is 1.38 bits per heavy atom. The van der Waals surface area contributed by atoms with E-state index in [2.05, 4.69) is 25.8 Å². The van der Waals surface area contributed by atoms with Crippen molar-refractivity contribution in [1.29, 1.82) is 0 Å². The lowest BCUT2D eigenvalue weighted by Crippen LogP contribution is -2.31. The molecule has 1 atom stereocenters. The van der Waals surface area contributed by atoms with Gasteiger partial charge in [-0.15, -0.1) is 0 Å². The van der Waals surface area contributed by atoms with E-state index in [0.29, 0.717) is 16.7 Å². The minimum Gasteiger partial charge on any atom is -0.351 e. The summed E-state index contributed by atoms with van der Waals surface area (Å²) in [5, 5.41) is 0. The van der Waals surface area contributed by atoms with Crippen molar-refractivity contribution in [3.8, 4) is 0 Å². The van der Waals surface area contributed by atoms with Gasteiger partial charge in [-0.2, -0.15) is 0 Å². The summed E-state index contributed by atoms with van der Waals surface area (Å²) in [6.45, 7) is 1.81. The van der Waals surface area contributed by atoms with Crippen LogP contribution >= 0.6 is 15.9 Å². The third-order valence-corrected chi connectivity index (χ3v) is 3.97. The fourth-order valence-corrected chi connectivity index (χ4v) is 2.74. The number of alkyl halides is 1. The van der Waals surface area contributed by atoms with Gasteiger partial charge in [0.1, 0.15) is 0 Å². The van der Waals surface area contributed by atoms with Gasteiger partial charge in [-0.25, -0.2) is 4.98 Å². The first-order chi connectivity index (χ1) is 7.75. The summed E-state index contributed by atoms with van der Waals surface area (Å²) < 4.78 is 1.84. The quantitative estimate of drug-likeness (QED) is 0.773. The SMILES string of the molecule is O=c1c(N2CCC(Br)C2)nccn1C1CC1. The lowest BCUT2D eigenvalue weighted by atomic mass is 10.4. The van der Waals surface area contributed by atoms with Gasteiger partial charge >= 0.3 is 0 Å². The second-order valence-corrected chi connectivity index (χ2v) is 5.82. The van der Waals surface area contributed by atoms with Gasteiger partial charge in [-0.05, 0) is 19.3 Å². The van der Waals surface area contributed by atoms with E-state index >= 15 is 0 Å². The molecule has 16 heavy (non-hydrogen) atoms. The van der Waals surface area contributed by atoms with Gasteiger partial charge in [0.2, 0.25) is 0 Å². The predicted molar refractivity (Wildman–Crippen MR) is 66.3 cm³/mol. The third kappa shape index (κ3) is 1.77. The van der Waals surface area contributed by atoms with E-state index in [-0.39, 0.29) is 5.56 Å². The molecule has 3 rings (SSSR count). The molecule has 0 aromatic carbocycles. The lowest BCUT2D eigenvalue weighted by Gasteiger charge is -2.16. The molecular weight excluding hydrogens is 270 g/mol. The second-order valence-electron chi connectivity index (χ2n) is 4.53. The van der Waals surface area contributed by atoms with Gasteiger partial charge < -0.3 is 9.47 Å². The van der Waals surface area contributed by atoms with Crippen LogP contribution in [0.5, 0.6) is 0 Å². The van der Waals surface area contributed by atoms with Crippen LogP contribution in [-0.2, 0) is 0 Å². The highest BCUT2D eigenvalue weighted by molar-refractivity contribution is 9.09. The van der Waals surface area contributed by atoms with Crippen molar-refractivity contribution in [2.45, 2.75) is 30.1 Å². The maximum Gasteiger partial charge on any atom is 0.293 e. The lowest BCUT2D eigenvalue weighted by molar-refractivity contribution is 0.692. The van der Waals surface area contributed by atoms with Crippen LogP contribution in [0.15, 0.2) is 17.2 Å². The maximum atomic E-state index is 12.2. The van der Waals surface area contributed by atoms with E-state index in [0.717, 1.165) is 32.4 Å². The number of rotatable bonds is 2. The number of nitrogens with zero attached hydrogens (tertiary/aromatic N) is 3. The number of halogens is 1. The van der Waals surface area contributed by atoms with E-state index in [1.165, 1.54) is 0 Å². The summed E-state index contributed by atoms with van der Waals surface area (Å²) in [4.78, 5) is 19.0. The number of aromatic nitrogens is 2. The normalized spacial score (nSPS) is 25.1. The van der Waals surface area contributed by atoms with Crippen LogP contribution in [0.25, 0.3) is 0 Å². The van der Waals surface area contributed by atoms with E-state index < -0.39 is 0 Å². The molecule has 5 heteroatoms. The number of hydrogen-bond donors (Lipinski definition) is 0. The molecule has 86 valence electrons. The smallest absolute Gasteiger partial charge is 0.293 e. The molecule has 0 amide bonds. The van der Waals surface area contributed by atoms with E-state index in [9.17, 15) is 4.79 Å². The zero-order valence-corrected chi connectivity index (χ0v) is 10.6. The van der Waals surface area contributed by atoms with Gasteiger partial charge in [-0.3, -0.25) is 4.79 Å². The zero-order chi connectivity index (χ0) is 11.1. The Labute approximate surface area is 102 Å². The van der Waals surface area contributed by atoms with Crippen LogP contribution in [-0.4, -0.2) is 27.5 Å². The van der Waals surface area contributed by atoms with E-state index in [1.807, 2.05) is 10.8 Å². The topological polar surface area (TPSA) is 38.1 Å². The Bertz CT molecular complexity index is 455. The Kier molecular flexibility index (Phi) is 2.50. The largest absolute Gasteiger partial charge is 0.351 e. The molecule has 4 nitrogen and oxygen atoms in total. The minimum atomic E-state index is 0.0756. The van der Waals surface area contributed by atoms with Crippen LogP contribution < -0.4 is 10.5 Å². The number of hydrogen-bond acceptors (Lipinski definition) is 3. The standard InChI is InChI=1S/C11H14BrN3O/c12-8-3-5-14(7-8)10-11(16)15(6-4-13-10)9-1-2-9/h4,6,8-9H,1-3,5,7H2. The first-order valence-corrected chi connectivity index (χ1v) is 6.63. The molecule has 1 unspecified atom stereocenters. The average Bonchev–Trinajstić information content (AvgIpc) is 3.02. The highest BCUT2D eigenvalue weighted by atomic mass is 79.9. The summed E-state index contributed by atoms with van der Waals surface area (Å²) in [5.74, 6) is 0.622. The Morgan fingerprint density at radius 3 is 2.81 bits per heavy atom. The van der Waals surface area contributed by atoms with Crippen molar-refractivity contribution >= 4 is 21.7 Å². The first kappa shape index (κ1) is 10.3. The van der Waals surface area contributed by atoms with Crippen molar-refractivity contribution in [2.75, 3.05) is 18.0 Å². The van der Waals surface area contributed by atoms with Crippen molar-refractivity contribution in [1.82, 2.24) is 9.55 Å². The zero-order valence-electron chi connectivity index (χ0n) is 8.97. The predicted octanol–water partition coefficient (Wildman–Crippen LogP) is 1.55. The first-order valence-electron chi connectivity index (χ1n) is 5.72. The summed E-state index contributed by atoms with van der Waals surface area (Å²) in [5.41, 5.74) is 0.0756. The fourth-order valence-electron chi connectivity index (χ4n) is 2.18. The van der Waals surface area contributed by atoms with Crippen LogP contribution in [0, 0.1) is 0 Å². The third-order valence-electron chi connectivity index (χ3n) is 3.22.